The third-order valence-electron chi connectivity index (χ3n) is 3.78. The average molecular weight is 272 g/mol. The molecule has 1 aromatic heterocycles. The lowest BCUT2D eigenvalue weighted by Gasteiger charge is -2.31. The highest BCUT2D eigenvalue weighted by Crippen LogP contribution is 2.39. The van der Waals surface area contributed by atoms with Crippen LogP contribution < -0.4 is 5.32 Å². The number of alkyl halides is 3. The SMILES string of the molecule is CCNC(CC1CCC1)c1cnccc1C(F)(F)F. The molecule has 2 nitrogen and oxygen atoms in total. The van der Waals surface area contributed by atoms with Gasteiger partial charge in [0.25, 0.3) is 0 Å². The quantitative estimate of drug-likeness (QED) is 0.878. The topological polar surface area (TPSA) is 24.9 Å². The Hall–Kier alpha value is -1.10. The second-order valence-corrected chi connectivity index (χ2v) is 5.10. The van der Waals surface area contributed by atoms with Gasteiger partial charge in [-0.05, 0) is 30.5 Å². The van der Waals surface area contributed by atoms with E-state index in [0.29, 0.717) is 12.5 Å². The third-order valence-corrected chi connectivity index (χ3v) is 3.78. The maximum atomic E-state index is 13.0. The van der Waals surface area contributed by atoms with E-state index in [1.165, 1.54) is 18.8 Å². The van der Waals surface area contributed by atoms with Gasteiger partial charge in [0.15, 0.2) is 0 Å². The fourth-order valence-electron chi connectivity index (χ4n) is 2.57. The second-order valence-electron chi connectivity index (χ2n) is 5.10. The van der Waals surface area contributed by atoms with Crippen molar-refractivity contribution in [3.8, 4) is 0 Å². The molecular formula is C14H19F3N2. The maximum absolute atomic E-state index is 13.0. The number of halogens is 3. The maximum Gasteiger partial charge on any atom is 0.416 e. The molecule has 0 radical (unpaired) electrons. The summed E-state index contributed by atoms with van der Waals surface area (Å²) in [6.07, 6.45) is 2.47. The summed E-state index contributed by atoms with van der Waals surface area (Å²) in [5, 5.41) is 3.17. The van der Waals surface area contributed by atoms with Gasteiger partial charge < -0.3 is 5.32 Å². The lowest BCUT2D eigenvalue weighted by Crippen LogP contribution is -2.28. The van der Waals surface area contributed by atoms with Crippen molar-refractivity contribution < 1.29 is 13.2 Å². The van der Waals surface area contributed by atoms with E-state index in [1.54, 1.807) is 0 Å². The summed E-state index contributed by atoms with van der Waals surface area (Å²) in [5.41, 5.74) is -0.281. The van der Waals surface area contributed by atoms with Crippen LogP contribution in [0.25, 0.3) is 0 Å². The lowest BCUT2D eigenvalue weighted by atomic mass is 9.79. The molecule has 1 saturated carbocycles. The van der Waals surface area contributed by atoms with Gasteiger partial charge in [-0.1, -0.05) is 26.2 Å². The first-order valence-corrected chi connectivity index (χ1v) is 6.77. The van der Waals surface area contributed by atoms with Gasteiger partial charge in [-0.25, -0.2) is 0 Å². The zero-order chi connectivity index (χ0) is 13.9. The Labute approximate surface area is 111 Å². The van der Waals surface area contributed by atoms with E-state index in [0.717, 1.165) is 25.3 Å². The fourth-order valence-corrected chi connectivity index (χ4v) is 2.57. The molecule has 0 spiro atoms. The number of rotatable bonds is 5. The molecule has 1 aliphatic rings. The first-order chi connectivity index (χ1) is 9.02. The predicted octanol–water partition coefficient (Wildman–Crippen LogP) is 3.94. The monoisotopic (exact) mass is 272 g/mol. The Balaban J connectivity index is 2.24. The molecule has 1 N–H and O–H groups in total. The van der Waals surface area contributed by atoms with Crippen LogP contribution in [0, 0.1) is 5.92 Å². The van der Waals surface area contributed by atoms with Gasteiger partial charge in [0.1, 0.15) is 0 Å². The van der Waals surface area contributed by atoms with Gasteiger partial charge in [-0.2, -0.15) is 13.2 Å². The van der Waals surface area contributed by atoms with Gasteiger partial charge in [-0.15, -0.1) is 0 Å². The van der Waals surface area contributed by atoms with Crippen LogP contribution in [0.3, 0.4) is 0 Å². The van der Waals surface area contributed by atoms with Crippen LogP contribution in [0.5, 0.6) is 0 Å². The van der Waals surface area contributed by atoms with Crippen LogP contribution in [0.1, 0.15) is 49.8 Å². The van der Waals surface area contributed by atoms with Crippen molar-refractivity contribution in [1.29, 1.82) is 0 Å². The molecule has 1 fully saturated rings. The molecule has 1 unspecified atom stereocenters. The van der Waals surface area contributed by atoms with E-state index in [-0.39, 0.29) is 11.6 Å². The van der Waals surface area contributed by atoms with Crippen molar-refractivity contribution in [3.63, 3.8) is 0 Å². The molecule has 0 saturated heterocycles. The highest BCUT2D eigenvalue weighted by Gasteiger charge is 2.36. The summed E-state index contributed by atoms with van der Waals surface area (Å²) in [6, 6.07) is 0.820. The first-order valence-electron chi connectivity index (χ1n) is 6.77. The van der Waals surface area contributed by atoms with E-state index < -0.39 is 11.7 Å². The number of aromatic nitrogens is 1. The molecule has 1 atom stereocenters. The Morgan fingerprint density at radius 2 is 2.16 bits per heavy atom. The number of hydrogen-bond acceptors (Lipinski definition) is 2. The highest BCUT2D eigenvalue weighted by molar-refractivity contribution is 5.29. The Morgan fingerprint density at radius 3 is 2.68 bits per heavy atom. The number of pyridine rings is 1. The van der Waals surface area contributed by atoms with Crippen LogP contribution >= 0.6 is 0 Å². The summed E-state index contributed by atoms with van der Waals surface area (Å²) in [4.78, 5) is 3.87. The summed E-state index contributed by atoms with van der Waals surface area (Å²) >= 11 is 0. The Bertz CT molecular complexity index is 413. The molecular weight excluding hydrogens is 253 g/mol. The van der Waals surface area contributed by atoms with Crippen molar-refractivity contribution in [1.82, 2.24) is 10.3 Å². The minimum absolute atomic E-state index is 0.249. The molecule has 0 amide bonds. The molecule has 1 aliphatic carbocycles. The third kappa shape index (κ3) is 3.47. The number of nitrogens with one attached hydrogen (secondary N) is 1. The predicted molar refractivity (Wildman–Crippen MR) is 67.6 cm³/mol. The van der Waals surface area contributed by atoms with E-state index in [9.17, 15) is 13.2 Å². The largest absolute Gasteiger partial charge is 0.416 e. The Morgan fingerprint density at radius 1 is 1.42 bits per heavy atom. The van der Waals surface area contributed by atoms with Crippen LogP contribution in [-0.2, 0) is 6.18 Å². The zero-order valence-electron chi connectivity index (χ0n) is 11.0. The number of hydrogen-bond donors (Lipinski definition) is 1. The van der Waals surface area contributed by atoms with Crippen molar-refractivity contribution in [2.24, 2.45) is 5.92 Å². The molecule has 19 heavy (non-hydrogen) atoms. The summed E-state index contributed by atoms with van der Waals surface area (Å²) in [6.45, 7) is 2.57. The van der Waals surface area contributed by atoms with E-state index in [4.69, 9.17) is 0 Å². The minimum Gasteiger partial charge on any atom is -0.310 e. The van der Waals surface area contributed by atoms with E-state index >= 15 is 0 Å². The first kappa shape index (κ1) is 14.3. The van der Waals surface area contributed by atoms with Crippen LogP contribution in [-0.4, -0.2) is 11.5 Å². The van der Waals surface area contributed by atoms with Crippen LogP contribution in [0.2, 0.25) is 0 Å². The molecule has 2 rings (SSSR count). The molecule has 0 aromatic carbocycles. The van der Waals surface area contributed by atoms with E-state index in [2.05, 4.69) is 10.3 Å². The summed E-state index contributed by atoms with van der Waals surface area (Å²) in [7, 11) is 0. The lowest BCUT2D eigenvalue weighted by molar-refractivity contribution is -0.138. The van der Waals surface area contributed by atoms with Gasteiger partial charge in [0, 0.05) is 18.4 Å². The molecule has 0 bridgehead atoms. The summed E-state index contributed by atoms with van der Waals surface area (Å²) in [5.74, 6) is 0.547. The second kappa shape index (κ2) is 5.90. The average Bonchev–Trinajstić information content (AvgIpc) is 2.31. The molecule has 1 aromatic rings. The van der Waals surface area contributed by atoms with Gasteiger partial charge >= 0.3 is 6.18 Å². The minimum atomic E-state index is -4.31. The normalized spacial score (nSPS) is 18.1. The van der Waals surface area contributed by atoms with Gasteiger partial charge in [0.2, 0.25) is 0 Å². The van der Waals surface area contributed by atoms with Crippen molar-refractivity contribution in [2.75, 3.05) is 6.54 Å². The fraction of sp³-hybridized carbons (Fsp3) is 0.643. The smallest absolute Gasteiger partial charge is 0.310 e. The summed E-state index contributed by atoms with van der Waals surface area (Å²) < 4.78 is 39.1. The highest BCUT2D eigenvalue weighted by atomic mass is 19.4. The molecule has 0 aliphatic heterocycles. The van der Waals surface area contributed by atoms with Crippen molar-refractivity contribution in [2.45, 2.75) is 44.8 Å². The van der Waals surface area contributed by atoms with Crippen molar-refractivity contribution >= 4 is 0 Å². The Kier molecular flexibility index (Phi) is 4.45. The zero-order valence-corrected chi connectivity index (χ0v) is 11.0. The standard InChI is InChI=1S/C14H19F3N2/c1-2-19-13(8-10-4-3-5-10)11-9-18-7-6-12(11)14(15,16)17/h6-7,9-10,13,19H,2-5,8H2,1H3. The van der Waals surface area contributed by atoms with E-state index in [1.807, 2.05) is 6.92 Å². The molecule has 5 heteroatoms. The van der Waals surface area contributed by atoms with Crippen LogP contribution in [0.4, 0.5) is 13.2 Å². The van der Waals surface area contributed by atoms with Gasteiger partial charge in [-0.3, -0.25) is 4.98 Å². The molecule has 1 heterocycles. The van der Waals surface area contributed by atoms with Crippen LogP contribution in [0.15, 0.2) is 18.5 Å². The molecule has 106 valence electrons. The van der Waals surface area contributed by atoms with Gasteiger partial charge in [0.05, 0.1) is 5.56 Å². The van der Waals surface area contributed by atoms with Crippen molar-refractivity contribution in [3.05, 3.63) is 29.6 Å². The number of nitrogens with zero attached hydrogens (tertiary/aromatic N) is 1.